The Hall–Kier alpha value is -3.32. The van der Waals surface area contributed by atoms with Crippen molar-refractivity contribution >= 4 is 26.5 Å². The summed E-state index contributed by atoms with van der Waals surface area (Å²) in [6, 6.07) is 21.5. The number of fused-ring (bicyclic) bond motifs is 1. The van der Waals surface area contributed by atoms with Gasteiger partial charge in [0.2, 0.25) is 0 Å². The van der Waals surface area contributed by atoms with Gasteiger partial charge in [-0.25, -0.2) is 13.1 Å². The number of rotatable bonds is 4. The van der Waals surface area contributed by atoms with Crippen molar-refractivity contribution in [2.24, 2.45) is 7.05 Å². The lowest BCUT2D eigenvalue weighted by Crippen LogP contribution is -2.23. The summed E-state index contributed by atoms with van der Waals surface area (Å²) in [5, 5.41) is 1.76. The van der Waals surface area contributed by atoms with E-state index in [0.29, 0.717) is 11.4 Å². The van der Waals surface area contributed by atoms with Crippen molar-refractivity contribution in [2.45, 2.75) is 11.8 Å². The van der Waals surface area contributed by atoms with Gasteiger partial charge in [-0.05, 0) is 42.0 Å². The number of benzene rings is 3. The summed E-state index contributed by atoms with van der Waals surface area (Å²) in [4.78, 5) is 13.1. The van der Waals surface area contributed by atoms with E-state index in [4.69, 9.17) is 0 Å². The van der Waals surface area contributed by atoms with Crippen LogP contribution < -0.4 is 10.3 Å². The first-order chi connectivity index (χ1) is 13.4. The van der Waals surface area contributed by atoms with Crippen LogP contribution in [0.2, 0.25) is 0 Å². The Labute approximate surface area is 162 Å². The number of aromatic nitrogens is 2. The molecule has 0 unspecified atom stereocenters. The van der Waals surface area contributed by atoms with Crippen LogP contribution in [0.25, 0.3) is 16.5 Å². The maximum Gasteiger partial charge on any atom is 0.296 e. The average molecular weight is 393 g/mol. The molecule has 0 fully saturated rings. The highest BCUT2D eigenvalue weighted by Gasteiger charge is 2.22. The topological polar surface area (TPSA) is 73.1 Å². The van der Waals surface area contributed by atoms with E-state index < -0.39 is 15.6 Å². The van der Waals surface area contributed by atoms with Crippen LogP contribution in [0.3, 0.4) is 0 Å². The highest BCUT2D eigenvalue weighted by Crippen LogP contribution is 2.22. The number of para-hydroxylation sites is 1. The molecule has 0 atom stereocenters. The first-order valence-electron chi connectivity index (χ1n) is 8.74. The summed E-state index contributed by atoms with van der Waals surface area (Å²) >= 11 is 0. The predicted octanol–water partition coefficient (Wildman–Crippen LogP) is 3.44. The molecule has 0 saturated heterocycles. The largest absolute Gasteiger partial charge is 0.296 e. The van der Waals surface area contributed by atoms with E-state index in [1.165, 1.54) is 4.68 Å². The predicted molar refractivity (Wildman–Crippen MR) is 111 cm³/mol. The molecule has 6 nitrogen and oxygen atoms in total. The van der Waals surface area contributed by atoms with E-state index >= 15 is 0 Å². The Morgan fingerprint density at radius 2 is 1.50 bits per heavy atom. The van der Waals surface area contributed by atoms with Crippen LogP contribution in [0, 0.1) is 6.92 Å². The fourth-order valence-electron chi connectivity index (χ4n) is 3.21. The molecule has 0 amide bonds. The van der Waals surface area contributed by atoms with Gasteiger partial charge in [-0.2, -0.15) is 0 Å². The van der Waals surface area contributed by atoms with E-state index in [0.717, 1.165) is 10.8 Å². The molecule has 3 aromatic carbocycles. The molecule has 0 aliphatic rings. The first-order valence-corrected chi connectivity index (χ1v) is 10.2. The van der Waals surface area contributed by atoms with Gasteiger partial charge in [-0.3, -0.25) is 14.2 Å². The SMILES string of the molecule is Cc1c(NS(=O)(=O)c2ccc3ccccc3c2)c(=O)n(-c2ccccc2)n1C. The molecule has 1 N–H and O–H groups in total. The lowest BCUT2D eigenvalue weighted by Gasteiger charge is -2.08. The zero-order chi connectivity index (χ0) is 19.9. The zero-order valence-electron chi connectivity index (χ0n) is 15.5. The van der Waals surface area contributed by atoms with Gasteiger partial charge in [-0.1, -0.05) is 48.5 Å². The van der Waals surface area contributed by atoms with Crippen LogP contribution >= 0.6 is 0 Å². The molecule has 0 aliphatic heterocycles. The fourth-order valence-corrected chi connectivity index (χ4v) is 4.36. The van der Waals surface area contributed by atoms with E-state index in [1.54, 1.807) is 49.0 Å². The average Bonchev–Trinajstić information content (AvgIpc) is 2.91. The van der Waals surface area contributed by atoms with Crippen molar-refractivity contribution in [2.75, 3.05) is 4.72 Å². The van der Waals surface area contributed by atoms with Gasteiger partial charge in [-0.15, -0.1) is 0 Å². The molecule has 0 aliphatic carbocycles. The summed E-state index contributed by atoms with van der Waals surface area (Å²) < 4.78 is 31.4. The van der Waals surface area contributed by atoms with Crippen LogP contribution in [0.4, 0.5) is 5.69 Å². The molecular weight excluding hydrogens is 374 g/mol. The molecule has 7 heteroatoms. The Kier molecular flexibility index (Phi) is 4.31. The van der Waals surface area contributed by atoms with E-state index in [1.807, 2.05) is 42.5 Å². The van der Waals surface area contributed by atoms with Crippen LogP contribution in [0.15, 0.2) is 82.5 Å². The Morgan fingerprint density at radius 3 is 2.21 bits per heavy atom. The molecular formula is C21H19N3O3S. The fraction of sp³-hybridized carbons (Fsp3) is 0.0952. The van der Waals surface area contributed by atoms with Crippen LogP contribution in [-0.2, 0) is 17.1 Å². The van der Waals surface area contributed by atoms with Gasteiger partial charge >= 0.3 is 0 Å². The standard InChI is InChI=1S/C21H19N3O3S/c1-15-20(21(25)24(23(15)2)18-10-4-3-5-11-18)22-28(26,27)19-13-12-16-8-6-7-9-17(16)14-19/h3-14,22H,1-2H3. The van der Waals surface area contributed by atoms with E-state index in [2.05, 4.69) is 4.72 Å². The van der Waals surface area contributed by atoms with Gasteiger partial charge in [0.15, 0.2) is 0 Å². The smallest absolute Gasteiger partial charge is 0.283 e. The molecule has 0 radical (unpaired) electrons. The molecule has 1 heterocycles. The van der Waals surface area contributed by atoms with Crippen molar-refractivity contribution in [3.63, 3.8) is 0 Å². The van der Waals surface area contributed by atoms with Gasteiger partial charge < -0.3 is 0 Å². The Bertz CT molecular complexity index is 1340. The van der Waals surface area contributed by atoms with Crippen molar-refractivity contribution in [3.05, 3.63) is 88.8 Å². The molecule has 28 heavy (non-hydrogen) atoms. The number of hydrogen-bond acceptors (Lipinski definition) is 3. The molecule has 0 bridgehead atoms. The maximum atomic E-state index is 12.9. The van der Waals surface area contributed by atoms with Crippen molar-refractivity contribution in [1.29, 1.82) is 0 Å². The van der Waals surface area contributed by atoms with Crippen molar-refractivity contribution < 1.29 is 8.42 Å². The molecule has 0 spiro atoms. The third-order valence-corrected chi connectivity index (χ3v) is 6.17. The number of nitrogens with one attached hydrogen (secondary N) is 1. The van der Waals surface area contributed by atoms with Crippen LogP contribution in [0.5, 0.6) is 0 Å². The minimum absolute atomic E-state index is 0.0412. The van der Waals surface area contributed by atoms with Crippen LogP contribution in [0.1, 0.15) is 5.69 Å². The summed E-state index contributed by atoms with van der Waals surface area (Å²) in [5.74, 6) is 0. The number of sulfonamides is 1. The monoisotopic (exact) mass is 393 g/mol. The van der Waals surface area contributed by atoms with Gasteiger partial charge in [0, 0.05) is 7.05 Å². The number of anilines is 1. The maximum absolute atomic E-state index is 12.9. The van der Waals surface area contributed by atoms with Crippen molar-refractivity contribution in [3.8, 4) is 5.69 Å². The number of nitrogens with zero attached hydrogens (tertiary/aromatic N) is 2. The van der Waals surface area contributed by atoms with E-state index in [-0.39, 0.29) is 10.6 Å². The molecule has 142 valence electrons. The van der Waals surface area contributed by atoms with Crippen LogP contribution in [-0.4, -0.2) is 17.8 Å². The second kappa shape index (κ2) is 6.69. The molecule has 0 saturated carbocycles. The summed E-state index contributed by atoms with van der Waals surface area (Å²) in [7, 11) is -2.19. The lowest BCUT2D eigenvalue weighted by molar-refractivity contribution is 0.601. The molecule has 4 rings (SSSR count). The van der Waals surface area contributed by atoms with E-state index in [9.17, 15) is 13.2 Å². The summed E-state index contributed by atoms with van der Waals surface area (Å²) in [5.41, 5.74) is 0.808. The van der Waals surface area contributed by atoms with Gasteiger partial charge in [0.1, 0.15) is 5.69 Å². The second-order valence-corrected chi connectivity index (χ2v) is 8.23. The summed E-state index contributed by atoms with van der Waals surface area (Å²) in [6.07, 6.45) is 0. The first kappa shape index (κ1) is 18.1. The molecule has 4 aromatic rings. The Morgan fingerprint density at radius 1 is 0.857 bits per heavy atom. The third kappa shape index (κ3) is 2.99. The minimum Gasteiger partial charge on any atom is -0.283 e. The Balaban J connectivity index is 1.79. The molecule has 1 aromatic heterocycles. The third-order valence-electron chi connectivity index (χ3n) is 4.82. The zero-order valence-corrected chi connectivity index (χ0v) is 16.3. The second-order valence-electron chi connectivity index (χ2n) is 6.55. The highest BCUT2D eigenvalue weighted by atomic mass is 32.2. The highest BCUT2D eigenvalue weighted by molar-refractivity contribution is 7.92. The van der Waals surface area contributed by atoms with Gasteiger partial charge in [0.05, 0.1) is 16.3 Å². The summed E-state index contributed by atoms with van der Waals surface area (Å²) in [6.45, 7) is 1.71. The van der Waals surface area contributed by atoms with Gasteiger partial charge in [0.25, 0.3) is 15.6 Å². The van der Waals surface area contributed by atoms with Crippen molar-refractivity contribution in [1.82, 2.24) is 9.36 Å². The number of hydrogen-bond donors (Lipinski definition) is 1. The lowest BCUT2D eigenvalue weighted by atomic mass is 10.1. The normalized spacial score (nSPS) is 11.6. The quantitative estimate of drug-likeness (QED) is 0.577. The minimum atomic E-state index is -3.91.